The minimum Gasteiger partial charge on any atom is -0.390 e. The van der Waals surface area contributed by atoms with Gasteiger partial charge in [-0.1, -0.05) is 12.8 Å². The van der Waals surface area contributed by atoms with E-state index in [-0.39, 0.29) is 11.9 Å². The molecule has 4 heteroatoms. The fourth-order valence-corrected chi connectivity index (χ4v) is 3.94. The van der Waals surface area contributed by atoms with Crippen molar-refractivity contribution >= 4 is 5.91 Å². The Kier molecular flexibility index (Phi) is 3.56. The van der Waals surface area contributed by atoms with Gasteiger partial charge in [0.05, 0.1) is 11.6 Å². The van der Waals surface area contributed by atoms with Crippen LogP contribution in [0.5, 0.6) is 0 Å². The Morgan fingerprint density at radius 3 is 2.63 bits per heavy atom. The molecule has 0 aromatic heterocycles. The van der Waals surface area contributed by atoms with Gasteiger partial charge in [0.2, 0.25) is 5.91 Å². The first kappa shape index (κ1) is 13.4. The molecule has 1 saturated carbocycles. The summed E-state index contributed by atoms with van der Waals surface area (Å²) in [6.45, 7) is 3.29. The van der Waals surface area contributed by atoms with Gasteiger partial charge in [0.1, 0.15) is 0 Å². The highest BCUT2D eigenvalue weighted by molar-refractivity contribution is 5.82. The van der Waals surface area contributed by atoms with Gasteiger partial charge in [-0.3, -0.25) is 4.79 Å². The van der Waals surface area contributed by atoms with Gasteiger partial charge in [0, 0.05) is 19.1 Å². The zero-order valence-electron chi connectivity index (χ0n) is 11.9. The highest BCUT2D eigenvalue weighted by atomic mass is 16.3. The molecule has 2 aliphatic heterocycles. The number of nitrogens with one attached hydrogen (secondary N) is 1. The second-order valence-electron chi connectivity index (χ2n) is 6.93. The van der Waals surface area contributed by atoms with Gasteiger partial charge in [-0.15, -0.1) is 0 Å². The monoisotopic (exact) mass is 266 g/mol. The van der Waals surface area contributed by atoms with Gasteiger partial charge in [-0.2, -0.15) is 0 Å². The molecule has 4 nitrogen and oxygen atoms in total. The second kappa shape index (κ2) is 5.06. The van der Waals surface area contributed by atoms with Crippen LogP contribution in [0.1, 0.15) is 51.9 Å². The Balaban J connectivity index is 1.56. The molecule has 3 unspecified atom stereocenters. The van der Waals surface area contributed by atoms with Gasteiger partial charge in [0.15, 0.2) is 0 Å². The fraction of sp³-hybridized carbons (Fsp3) is 0.933. The van der Waals surface area contributed by atoms with Gasteiger partial charge in [-0.05, 0) is 44.9 Å². The zero-order chi connectivity index (χ0) is 13.5. The molecular formula is C15H26N2O2. The van der Waals surface area contributed by atoms with Crippen LogP contribution in [0.2, 0.25) is 0 Å². The van der Waals surface area contributed by atoms with Crippen molar-refractivity contribution in [2.75, 3.05) is 13.1 Å². The molecule has 3 aliphatic rings. The predicted molar refractivity (Wildman–Crippen MR) is 73.7 cm³/mol. The van der Waals surface area contributed by atoms with E-state index in [0.717, 1.165) is 12.3 Å². The van der Waals surface area contributed by atoms with Crippen LogP contribution in [-0.4, -0.2) is 46.7 Å². The number of carbonyl (C=O) groups excluding carboxylic acids is 1. The predicted octanol–water partition coefficient (Wildman–Crippen LogP) is 1.28. The van der Waals surface area contributed by atoms with Gasteiger partial charge < -0.3 is 15.3 Å². The molecule has 2 heterocycles. The number of likely N-dealkylation sites (tertiary alicyclic amines) is 1. The van der Waals surface area contributed by atoms with Crippen LogP contribution in [0.15, 0.2) is 0 Å². The lowest BCUT2D eigenvalue weighted by atomic mass is 9.85. The van der Waals surface area contributed by atoms with E-state index < -0.39 is 5.60 Å². The number of piperidine rings is 1. The Morgan fingerprint density at radius 2 is 1.95 bits per heavy atom. The normalized spacial score (nSPS) is 38.0. The molecule has 108 valence electrons. The van der Waals surface area contributed by atoms with Crippen LogP contribution in [0.25, 0.3) is 0 Å². The fourth-order valence-electron chi connectivity index (χ4n) is 3.94. The van der Waals surface area contributed by atoms with Crippen molar-refractivity contribution in [2.24, 2.45) is 5.92 Å². The van der Waals surface area contributed by atoms with E-state index in [1.54, 1.807) is 0 Å². The lowest BCUT2D eigenvalue weighted by Crippen LogP contribution is -2.51. The molecule has 2 N–H and O–H groups in total. The molecule has 19 heavy (non-hydrogen) atoms. The summed E-state index contributed by atoms with van der Waals surface area (Å²) in [5.41, 5.74) is -0.576. The van der Waals surface area contributed by atoms with Crippen LogP contribution in [0.4, 0.5) is 0 Å². The topological polar surface area (TPSA) is 52.6 Å². The average Bonchev–Trinajstić information content (AvgIpc) is 2.81. The molecule has 0 bridgehead atoms. The number of nitrogens with zero attached hydrogens (tertiary/aromatic N) is 1. The van der Waals surface area contributed by atoms with Gasteiger partial charge in [0.25, 0.3) is 0 Å². The number of hydrogen-bond acceptors (Lipinski definition) is 3. The lowest BCUT2D eigenvalue weighted by molar-refractivity contribution is -0.136. The van der Waals surface area contributed by atoms with Crippen molar-refractivity contribution in [1.82, 2.24) is 10.2 Å². The summed E-state index contributed by atoms with van der Waals surface area (Å²) in [7, 11) is 0. The zero-order valence-corrected chi connectivity index (χ0v) is 11.9. The van der Waals surface area contributed by atoms with E-state index in [1.165, 1.54) is 25.7 Å². The molecule has 1 aliphatic carbocycles. The van der Waals surface area contributed by atoms with Gasteiger partial charge in [-0.25, -0.2) is 0 Å². The Bertz CT molecular complexity index is 332. The third-order valence-corrected chi connectivity index (χ3v) is 5.31. The van der Waals surface area contributed by atoms with Crippen molar-refractivity contribution in [2.45, 2.75) is 69.6 Å². The third kappa shape index (κ3) is 2.79. The first-order valence-corrected chi connectivity index (χ1v) is 7.82. The van der Waals surface area contributed by atoms with Crippen molar-refractivity contribution in [1.29, 1.82) is 0 Å². The van der Waals surface area contributed by atoms with Crippen molar-refractivity contribution in [3.05, 3.63) is 0 Å². The first-order valence-electron chi connectivity index (χ1n) is 7.82. The molecule has 0 aromatic rings. The number of fused-ring (bicyclic) bond motifs is 1. The first-order chi connectivity index (χ1) is 9.05. The van der Waals surface area contributed by atoms with Crippen LogP contribution >= 0.6 is 0 Å². The summed E-state index contributed by atoms with van der Waals surface area (Å²) in [5.74, 6) is 0.987. The summed E-state index contributed by atoms with van der Waals surface area (Å²) < 4.78 is 0. The number of carbonyl (C=O) groups is 1. The molecule has 0 radical (unpaired) electrons. The maximum atomic E-state index is 12.5. The summed E-state index contributed by atoms with van der Waals surface area (Å²) >= 11 is 0. The van der Waals surface area contributed by atoms with Crippen LogP contribution in [0, 0.1) is 5.92 Å². The summed E-state index contributed by atoms with van der Waals surface area (Å²) in [5, 5.41) is 13.5. The average molecular weight is 266 g/mol. The molecule has 2 saturated heterocycles. The molecule has 0 aromatic carbocycles. The number of aliphatic hydroxyl groups is 1. The minimum atomic E-state index is -0.576. The molecule has 3 atom stereocenters. The second-order valence-corrected chi connectivity index (χ2v) is 6.93. The maximum Gasteiger partial charge on any atom is 0.239 e. The van der Waals surface area contributed by atoms with Crippen LogP contribution in [0.3, 0.4) is 0 Å². The summed E-state index contributed by atoms with van der Waals surface area (Å²) in [6, 6.07) is 0.617. The standard InChI is InChI=1S/C15H26N2O2/c1-15(19)6-8-17(9-7-15)14(18)13-10-11-4-2-3-5-12(11)16-13/h11-13,16,19H,2-10H2,1H3. The van der Waals surface area contributed by atoms with Gasteiger partial charge >= 0.3 is 0 Å². The highest BCUT2D eigenvalue weighted by Gasteiger charge is 2.40. The van der Waals surface area contributed by atoms with E-state index in [4.69, 9.17) is 0 Å². The highest BCUT2D eigenvalue weighted by Crippen LogP contribution is 2.34. The van der Waals surface area contributed by atoms with E-state index in [1.807, 2.05) is 11.8 Å². The smallest absolute Gasteiger partial charge is 0.239 e. The largest absolute Gasteiger partial charge is 0.390 e. The van der Waals surface area contributed by atoms with Crippen LogP contribution < -0.4 is 5.32 Å². The SMILES string of the molecule is CC1(O)CCN(C(=O)C2CC3CCCCC3N2)CC1. The van der Waals surface area contributed by atoms with Crippen molar-refractivity contribution in [3.63, 3.8) is 0 Å². The Hall–Kier alpha value is -0.610. The molecule has 3 rings (SSSR count). The summed E-state index contributed by atoms with van der Waals surface area (Å²) in [6.07, 6.45) is 7.60. The lowest BCUT2D eigenvalue weighted by Gasteiger charge is -2.37. The number of rotatable bonds is 1. The van der Waals surface area contributed by atoms with E-state index >= 15 is 0 Å². The van der Waals surface area contributed by atoms with E-state index in [0.29, 0.717) is 32.0 Å². The van der Waals surface area contributed by atoms with Crippen LogP contribution in [-0.2, 0) is 4.79 Å². The molecular weight excluding hydrogens is 240 g/mol. The Morgan fingerprint density at radius 1 is 1.26 bits per heavy atom. The molecule has 3 fully saturated rings. The molecule has 1 amide bonds. The third-order valence-electron chi connectivity index (χ3n) is 5.31. The molecule has 0 spiro atoms. The maximum absolute atomic E-state index is 12.5. The van der Waals surface area contributed by atoms with E-state index in [9.17, 15) is 9.90 Å². The summed E-state index contributed by atoms with van der Waals surface area (Å²) in [4.78, 5) is 14.5. The number of amides is 1. The minimum absolute atomic E-state index is 0.0381. The quantitative estimate of drug-likeness (QED) is 0.752. The number of hydrogen-bond donors (Lipinski definition) is 2. The van der Waals surface area contributed by atoms with E-state index in [2.05, 4.69) is 5.32 Å². The van der Waals surface area contributed by atoms with Crippen molar-refractivity contribution in [3.8, 4) is 0 Å². The Labute approximate surface area is 115 Å². The van der Waals surface area contributed by atoms with Crippen molar-refractivity contribution < 1.29 is 9.90 Å².